The third kappa shape index (κ3) is 4.42. The van der Waals surface area contributed by atoms with E-state index in [1.807, 2.05) is 73.0 Å². The maximum absolute atomic E-state index is 13.8. The average molecular weight is 452 g/mol. The highest BCUT2D eigenvalue weighted by Crippen LogP contribution is 2.29. The van der Waals surface area contributed by atoms with Gasteiger partial charge in [0, 0.05) is 41.1 Å². The molecule has 0 unspecified atom stereocenters. The number of nitrogens with zero attached hydrogens (tertiary/aromatic N) is 2. The number of pyridine rings is 2. The van der Waals surface area contributed by atoms with Crippen molar-refractivity contribution in [2.45, 2.75) is 40.5 Å². The Hall–Kier alpha value is -3.99. The number of carbonyl (C=O) groups excluding carboxylic acids is 1. The summed E-state index contributed by atoms with van der Waals surface area (Å²) in [6.45, 7) is 8.03. The summed E-state index contributed by atoms with van der Waals surface area (Å²) in [6.07, 6.45) is 4.90. The van der Waals surface area contributed by atoms with Crippen LogP contribution in [0.2, 0.25) is 0 Å². The molecule has 2 aromatic heterocycles. The molecule has 0 saturated carbocycles. The second-order valence-corrected chi connectivity index (χ2v) is 8.40. The van der Waals surface area contributed by atoms with E-state index in [1.54, 1.807) is 12.4 Å². The molecule has 4 aromatic rings. The van der Waals surface area contributed by atoms with E-state index in [0.717, 1.165) is 52.2 Å². The first-order valence-corrected chi connectivity index (χ1v) is 11.6. The van der Waals surface area contributed by atoms with Crippen LogP contribution in [0.4, 0.5) is 5.69 Å². The molecular formula is C29H29N3O2. The molecule has 2 heterocycles. The fourth-order valence-corrected chi connectivity index (χ4v) is 4.41. The lowest BCUT2D eigenvalue weighted by molar-refractivity contribution is 0.102. The van der Waals surface area contributed by atoms with Gasteiger partial charge in [-0.1, -0.05) is 44.2 Å². The van der Waals surface area contributed by atoms with Gasteiger partial charge in [-0.15, -0.1) is 0 Å². The first-order valence-electron chi connectivity index (χ1n) is 11.6. The number of nitrogens with one attached hydrogen (secondary N) is 1. The third-order valence-electron chi connectivity index (χ3n) is 6.08. The lowest BCUT2D eigenvalue weighted by Gasteiger charge is -2.21. The van der Waals surface area contributed by atoms with Crippen molar-refractivity contribution in [3.63, 3.8) is 0 Å². The molecule has 1 N–H and O–H groups in total. The molecular weight excluding hydrogens is 422 g/mol. The van der Waals surface area contributed by atoms with Crippen LogP contribution in [0.15, 0.2) is 77.9 Å². The van der Waals surface area contributed by atoms with Gasteiger partial charge in [0.25, 0.3) is 5.91 Å². The van der Waals surface area contributed by atoms with Crippen molar-refractivity contribution in [3.8, 4) is 16.9 Å². The monoisotopic (exact) mass is 451 g/mol. The predicted octanol–water partition coefficient (Wildman–Crippen LogP) is 5.89. The van der Waals surface area contributed by atoms with Crippen molar-refractivity contribution in [2.75, 3.05) is 5.32 Å². The number of aromatic nitrogens is 2. The Morgan fingerprint density at radius 2 is 1.56 bits per heavy atom. The van der Waals surface area contributed by atoms with Crippen LogP contribution in [-0.4, -0.2) is 15.5 Å². The summed E-state index contributed by atoms with van der Waals surface area (Å²) < 4.78 is 1.98. The maximum atomic E-state index is 13.8. The number of para-hydroxylation sites is 1. The SMILES string of the molecule is CCc1cccc(CC)c1NC(=O)c1c(-c2ccncc2)n(-c2cccc(C)c2)c(C)cc1=O. The van der Waals surface area contributed by atoms with Crippen LogP contribution in [-0.2, 0) is 12.8 Å². The molecule has 34 heavy (non-hydrogen) atoms. The smallest absolute Gasteiger partial charge is 0.261 e. The van der Waals surface area contributed by atoms with Gasteiger partial charge in [0.2, 0.25) is 0 Å². The minimum atomic E-state index is -0.409. The minimum absolute atomic E-state index is 0.117. The molecule has 0 radical (unpaired) electrons. The fourth-order valence-electron chi connectivity index (χ4n) is 4.41. The van der Waals surface area contributed by atoms with E-state index in [9.17, 15) is 9.59 Å². The molecule has 1 amide bonds. The largest absolute Gasteiger partial charge is 0.321 e. The van der Waals surface area contributed by atoms with E-state index in [0.29, 0.717) is 5.69 Å². The summed E-state index contributed by atoms with van der Waals surface area (Å²) in [5, 5.41) is 3.09. The van der Waals surface area contributed by atoms with Crippen molar-refractivity contribution in [1.82, 2.24) is 9.55 Å². The van der Waals surface area contributed by atoms with Crippen LogP contribution in [0.1, 0.15) is 46.6 Å². The number of hydrogen-bond acceptors (Lipinski definition) is 3. The number of aryl methyl sites for hydroxylation is 4. The Labute approximate surface area is 200 Å². The topological polar surface area (TPSA) is 64.0 Å². The highest BCUT2D eigenvalue weighted by atomic mass is 16.2. The van der Waals surface area contributed by atoms with E-state index in [1.165, 1.54) is 6.07 Å². The van der Waals surface area contributed by atoms with Gasteiger partial charge in [0.1, 0.15) is 5.56 Å². The van der Waals surface area contributed by atoms with E-state index >= 15 is 0 Å². The second-order valence-electron chi connectivity index (χ2n) is 8.40. The van der Waals surface area contributed by atoms with E-state index in [-0.39, 0.29) is 11.0 Å². The van der Waals surface area contributed by atoms with Crippen molar-refractivity contribution in [2.24, 2.45) is 0 Å². The van der Waals surface area contributed by atoms with Crippen LogP contribution in [0, 0.1) is 13.8 Å². The van der Waals surface area contributed by atoms with Crippen molar-refractivity contribution in [1.29, 1.82) is 0 Å². The van der Waals surface area contributed by atoms with Gasteiger partial charge in [-0.25, -0.2) is 0 Å². The quantitative estimate of drug-likeness (QED) is 0.397. The lowest BCUT2D eigenvalue weighted by Crippen LogP contribution is -2.27. The highest BCUT2D eigenvalue weighted by Gasteiger charge is 2.24. The normalized spacial score (nSPS) is 10.8. The Balaban J connectivity index is 1.98. The molecule has 0 bridgehead atoms. The summed E-state index contributed by atoms with van der Waals surface area (Å²) >= 11 is 0. The number of amides is 1. The summed E-state index contributed by atoms with van der Waals surface area (Å²) in [4.78, 5) is 31.3. The molecule has 0 atom stereocenters. The lowest BCUT2D eigenvalue weighted by atomic mass is 10.0. The molecule has 0 fully saturated rings. The van der Waals surface area contributed by atoms with Crippen LogP contribution in [0.5, 0.6) is 0 Å². The molecule has 4 rings (SSSR count). The molecule has 0 aliphatic rings. The number of anilines is 1. The molecule has 0 spiro atoms. The van der Waals surface area contributed by atoms with Crippen molar-refractivity contribution in [3.05, 3.63) is 111 Å². The fraction of sp³-hybridized carbons (Fsp3) is 0.207. The first-order chi connectivity index (χ1) is 16.4. The van der Waals surface area contributed by atoms with E-state index < -0.39 is 5.91 Å². The Morgan fingerprint density at radius 3 is 2.18 bits per heavy atom. The standard InChI is InChI=1S/C29H29N3O2/c1-5-21-10-8-11-22(6-2)27(21)31-29(34)26-25(33)18-20(4)32(24-12-7-9-19(3)17-24)28(26)23-13-15-30-16-14-23/h7-18H,5-6H2,1-4H3,(H,31,34). The van der Waals surface area contributed by atoms with E-state index in [4.69, 9.17) is 0 Å². The molecule has 0 aliphatic heterocycles. The summed E-state index contributed by atoms with van der Waals surface area (Å²) in [6, 6.07) is 19.3. The van der Waals surface area contributed by atoms with Gasteiger partial charge in [-0.2, -0.15) is 0 Å². The summed E-state index contributed by atoms with van der Waals surface area (Å²) in [5.74, 6) is -0.409. The van der Waals surface area contributed by atoms with Gasteiger partial charge in [-0.05, 0) is 67.6 Å². The predicted molar refractivity (Wildman–Crippen MR) is 138 cm³/mol. The average Bonchev–Trinajstić information content (AvgIpc) is 2.84. The molecule has 172 valence electrons. The Bertz CT molecular complexity index is 1380. The zero-order chi connectivity index (χ0) is 24.2. The highest BCUT2D eigenvalue weighted by molar-refractivity contribution is 6.09. The molecule has 2 aromatic carbocycles. The minimum Gasteiger partial charge on any atom is -0.321 e. The molecule has 5 heteroatoms. The number of rotatable bonds is 6. The zero-order valence-electron chi connectivity index (χ0n) is 20.1. The van der Waals surface area contributed by atoms with Crippen LogP contribution in [0.25, 0.3) is 16.9 Å². The van der Waals surface area contributed by atoms with Gasteiger partial charge in [0.05, 0.1) is 5.69 Å². The van der Waals surface area contributed by atoms with Gasteiger partial charge >= 0.3 is 0 Å². The number of benzene rings is 2. The van der Waals surface area contributed by atoms with Crippen LogP contribution >= 0.6 is 0 Å². The van der Waals surface area contributed by atoms with E-state index in [2.05, 4.69) is 24.1 Å². The van der Waals surface area contributed by atoms with Gasteiger partial charge in [0.15, 0.2) is 5.43 Å². The summed E-state index contributed by atoms with van der Waals surface area (Å²) in [7, 11) is 0. The molecule has 0 saturated heterocycles. The molecule has 0 aliphatic carbocycles. The maximum Gasteiger partial charge on any atom is 0.261 e. The van der Waals surface area contributed by atoms with Crippen LogP contribution in [0.3, 0.4) is 0 Å². The molecule has 5 nitrogen and oxygen atoms in total. The van der Waals surface area contributed by atoms with Crippen molar-refractivity contribution >= 4 is 11.6 Å². The first kappa shape index (κ1) is 23.2. The van der Waals surface area contributed by atoms with Gasteiger partial charge < -0.3 is 9.88 Å². The Kier molecular flexibility index (Phi) is 6.73. The van der Waals surface area contributed by atoms with Crippen molar-refractivity contribution < 1.29 is 4.79 Å². The van der Waals surface area contributed by atoms with Gasteiger partial charge in [-0.3, -0.25) is 14.6 Å². The zero-order valence-corrected chi connectivity index (χ0v) is 20.1. The summed E-state index contributed by atoms with van der Waals surface area (Å²) in [5.41, 5.74) is 6.73. The number of carbonyl (C=O) groups is 1. The van der Waals surface area contributed by atoms with Crippen LogP contribution < -0.4 is 10.7 Å². The Morgan fingerprint density at radius 1 is 0.912 bits per heavy atom. The second kappa shape index (κ2) is 9.87. The third-order valence-corrected chi connectivity index (χ3v) is 6.08. The number of hydrogen-bond donors (Lipinski definition) is 1.